The number of benzene rings is 2. The fourth-order valence-electron chi connectivity index (χ4n) is 2.49. The van der Waals surface area contributed by atoms with Gasteiger partial charge in [-0.3, -0.25) is 0 Å². The first kappa shape index (κ1) is 24.4. The smallest absolute Gasteiger partial charge is 0.454 e. The minimum Gasteiger partial charge on any atom is -0.454 e. The van der Waals surface area contributed by atoms with Gasteiger partial charge in [-0.05, 0) is 63.1 Å². The highest BCUT2D eigenvalue weighted by atomic mass is 16.7. The Balaban J connectivity index is 1.91. The van der Waals surface area contributed by atoms with Crippen molar-refractivity contribution in [2.45, 2.75) is 39.9 Å². The van der Waals surface area contributed by atoms with Crippen LogP contribution in [0, 0.1) is 0 Å². The Kier molecular flexibility index (Phi) is 8.35. The van der Waals surface area contributed by atoms with Crippen molar-refractivity contribution < 1.29 is 33.3 Å². The molecule has 2 atom stereocenters. The molecule has 0 fully saturated rings. The number of hydrogen-bond acceptors (Lipinski definition) is 7. The van der Waals surface area contributed by atoms with E-state index in [0.717, 1.165) is 11.1 Å². The van der Waals surface area contributed by atoms with Crippen LogP contribution in [0.1, 0.15) is 51.0 Å². The fourth-order valence-corrected chi connectivity index (χ4v) is 2.49. The predicted octanol–water partition coefficient (Wildman–Crippen LogP) is 5.63. The second kappa shape index (κ2) is 10.9. The molecule has 0 saturated heterocycles. The van der Waals surface area contributed by atoms with Gasteiger partial charge in [0.2, 0.25) is 0 Å². The number of esters is 2. The molecule has 0 aliphatic heterocycles. The highest BCUT2D eigenvalue weighted by molar-refractivity contribution is 5.87. The van der Waals surface area contributed by atoms with Crippen LogP contribution in [0.5, 0.6) is 11.5 Å². The maximum atomic E-state index is 12.1. The summed E-state index contributed by atoms with van der Waals surface area (Å²) >= 11 is 0. The lowest BCUT2D eigenvalue weighted by Gasteiger charge is -2.14. The maximum Gasteiger partial charge on any atom is 0.519 e. The normalized spacial score (nSPS) is 12.1. The lowest BCUT2D eigenvalue weighted by atomic mass is 10.1. The summed E-state index contributed by atoms with van der Waals surface area (Å²) in [6.07, 6.45) is -1.86. The largest absolute Gasteiger partial charge is 0.519 e. The minimum atomic E-state index is -0.908. The standard InChI is InChI=1S/C25H26O7/c1-15(2)23(26)29-17(5)19-7-11-21(12-8-19)31-25(28)32-22-13-9-20(10-14-22)18(6)30-24(27)16(3)4/h7-14,17-18H,1,3H2,2,4-6H3. The van der Waals surface area contributed by atoms with Crippen LogP contribution in [0.4, 0.5) is 4.79 Å². The van der Waals surface area contributed by atoms with Crippen molar-refractivity contribution in [2.24, 2.45) is 0 Å². The van der Waals surface area contributed by atoms with Gasteiger partial charge >= 0.3 is 18.1 Å². The van der Waals surface area contributed by atoms with Crippen LogP contribution in [0.15, 0.2) is 72.8 Å². The van der Waals surface area contributed by atoms with Crippen molar-refractivity contribution in [3.8, 4) is 11.5 Å². The van der Waals surface area contributed by atoms with E-state index in [0.29, 0.717) is 11.1 Å². The van der Waals surface area contributed by atoms with Gasteiger partial charge in [-0.15, -0.1) is 0 Å². The van der Waals surface area contributed by atoms with Crippen LogP contribution in [0.3, 0.4) is 0 Å². The predicted molar refractivity (Wildman–Crippen MR) is 118 cm³/mol. The van der Waals surface area contributed by atoms with Crippen molar-refractivity contribution in [3.05, 3.63) is 84.0 Å². The molecule has 0 heterocycles. The van der Waals surface area contributed by atoms with E-state index in [2.05, 4.69) is 13.2 Å². The topological polar surface area (TPSA) is 88.1 Å². The second-order valence-corrected chi connectivity index (χ2v) is 7.25. The molecule has 168 valence electrons. The molecule has 0 radical (unpaired) electrons. The minimum absolute atomic E-state index is 0.272. The number of rotatable bonds is 8. The summed E-state index contributed by atoms with van der Waals surface area (Å²) in [5.74, 6) is -0.408. The summed E-state index contributed by atoms with van der Waals surface area (Å²) in [5, 5.41) is 0. The number of ether oxygens (including phenoxy) is 4. The zero-order valence-electron chi connectivity index (χ0n) is 18.5. The van der Waals surface area contributed by atoms with Gasteiger partial charge in [0.15, 0.2) is 0 Å². The summed E-state index contributed by atoms with van der Waals surface area (Å²) in [6.45, 7) is 13.7. The van der Waals surface area contributed by atoms with Crippen LogP contribution in [0.25, 0.3) is 0 Å². The molecule has 0 bridgehead atoms. The van der Waals surface area contributed by atoms with Gasteiger partial charge in [-0.2, -0.15) is 0 Å². The first-order valence-corrected chi connectivity index (χ1v) is 9.89. The van der Waals surface area contributed by atoms with Gasteiger partial charge < -0.3 is 18.9 Å². The van der Waals surface area contributed by atoms with Gasteiger partial charge in [0.05, 0.1) is 0 Å². The molecule has 0 aliphatic rings. The van der Waals surface area contributed by atoms with Crippen molar-refractivity contribution in [1.29, 1.82) is 0 Å². The van der Waals surface area contributed by atoms with Crippen LogP contribution >= 0.6 is 0 Å². The molecule has 0 amide bonds. The highest BCUT2D eigenvalue weighted by Gasteiger charge is 2.15. The summed E-state index contributed by atoms with van der Waals surface area (Å²) in [7, 11) is 0. The first-order chi connectivity index (χ1) is 15.1. The first-order valence-electron chi connectivity index (χ1n) is 9.89. The number of hydrogen-bond donors (Lipinski definition) is 0. The third kappa shape index (κ3) is 7.12. The summed E-state index contributed by atoms with van der Waals surface area (Å²) in [5.41, 5.74) is 2.10. The van der Waals surface area contributed by atoms with Gasteiger partial charge in [0.1, 0.15) is 23.7 Å². The number of carbonyl (C=O) groups is 3. The summed E-state index contributed by atoms with van der Waals surface area (Å²) < 4.78 is 20.8. The Labute approximate surface area is 187 Å². The molecule has 2 aromatic carbocycles. The lowest BCUT2D eigenvalue weighted by Crippen LogP contribution is -2.14. The molecule has 7 nitrogen and oxygen atoms in total. The van der Waals surface area contributed by atoms with Crippen LogP contribution in [-0.4, -0.2) is 18.1 Å². The Morgan fingerprint density at radius 3 is 1.25 bits per heavy atom. The molecule has 0 N–H and O–H groups in total. The van der Waals surface area contributed by atoms with Gasteiger partial charge in [-0.25, -0.2) is 14.4 Å². The van der Waals surface area contributed by atoms with Crippen LogP contribution < -0.4 is 9.47 Å². The summed E-state index contributed by atoms with van der Waals surface area (Å²) in [6, 6.07) is 13.0. The molecule has 7 heteroatoms. The molecule has 32 heavy (non-hydrogen) atoms. The average molecular weight is 438 g/mol. The van der Waals surface area contributed by atoms with E-state index in [1.54, 1.807) is 76.2 Å². The Hall–Kier alpha value is -3.87. The van der Waals surface area contributed by atoms with E-state index in [4.69, 9.17) is 18.9 Å². The fraction of sp³-hybridized carbons (Fsp3) is 0.240. The van der Waals surface area contributed by atoms with E-state index in [1.807, 2.05) is 0 Å². The quantitative estimate of drug-likeness (QED) is 0.300. The van der Waals surface area contributed by atoms with Crippen molar-refractivity contribution in [1.82, 2.24) is 0 Å². The Morgan fingerprint density at radius 1 is 0.656 bits per heavy atom. The molecule has 0 aromatic heterocycles. The monoisotopic (exact) mass is 438 g/mol. The van der Waals surface area contributed by atoms with E-state index in [1.165, 1.54) is 0 Å². The van der Waals surface area contributed by atoms with E-state index >= 15 is 0 Å². The second-order valence-electron chi connectivity index (χ2n) is 7.25. The SMILES string of the molecule is C=C(C)C(=O)OC(C)c1ccc(OC(=O)Oc2ccc(C(C)OC(=O)C(=C)C)cc2)cc1. The van der Waals surface area contributed by atoms with Gasteiger partial charge in [0, 0.05) is 11.1 Å². The van der Waals surface area contributed by atoms with E-state index in [-0.39, 0.29) is 11.5 Å². The highest BCUT2D eigenvalue weighted by Crippen LogP contribution is 2.23. The van der Waals surface area contributed by atoms with Crippen molar-refractivity contribution in [3.63, 3.8) is 0 Å². The summed E-state index contributed by atoms with van der Waals surface area (Å²) in [4.78, 5) is 35.3. The molecule has 2 rings (SSSR count). The molecule has 0 aliphatic carbocycles. The van der Waals surface area contributed by atoms with Crippen LogP contribution in [-0.2, 0) is 19.1 Å². The molecule has 2 unspecified atom stereocenters. The molecule has 2 aromatic rings. The zero-order chi connectivity index (χ0) is 23.8. The maximum absolute atomic E-state index is 12.1. The van der Waals surface area contributed by atoms with E-state index in [9.17, 15) is 14.4 Å². The third-order valence-corrected chi connectivity index (χ3v) is 4.37. The zero-order valence-corrected chi connectivity index (χ0v) is 18.5. The third-order valence-electron chi connectivity index (χ3n) is 4.37. The van der Waals surface area contributed by atoms with Gasteiger partial charge in [0.25, 0.3) is 0 Å². The molecule has 0 spiro atoms. The van der Waals surface area contributed by atoms with Crippen molar-refractivity contribution in [2.75, 3.05) is 0 Å². The van der Waals surface area contributed by atoms with Crippen molar-refractivity contribution >= 4 is 18.1 Å². The average Bonchev–Trinajstić information content (AvgIpc) is 2.74. The van der Waals surface area contributed by atoms with E-state index < -0.39 is 30.3 Å². The van der Waals surface area contributed by atoms with Gasteiger partial charge in [-0.1, -0.05) is 37.4 Å². The molecular weight excluding hydrogens is 412 g/mol. The molecule has 0 saturated carbocycles. The molecular formula is C25H26O7. The lowest BCUT2D eigenvalue weighted by molar-refractivity contribution is -0.144. The van der Waals surface area contributed by atoms with Crippen LogP contribution in [0.2, 0.25) is 0 Å². The Morgan fingerprint density at radius 2 is 0.969 bits per heavy atom. The Bertz CT molecular complexity index is 922. The number of carbonyl (C=O) groups excluding carboxylic acids is 3.